The molecule has 0 saturated heterocycles. The van der Waals surface area contributed by atoms with Crippen LogP contribution in [0.5, 0.6) is 0 Å². The summed E-state index contributed by atoms with van der Waals surface area (Å²) in [5, 5.41) is 2.77. The average Bonchev–Trinajstić information content (AvgIpc) is 2.41. The molecule has 0 spiro atoms. The van der Waals surface area contributed by atoms with E-state index in [0.717, 1.165) is 4.47 Å². The molecule has 0 bridgehead atoms. The quantitative estimate of drug-likeness (QED) is 0.880. The van der Waals surface area contributed by atoms with Crippen LogP contribution in [0.4, 0.5) is 5.82 Å². The number of carbonyl (C=O) groups is 1. The first-order valence-electron chi connectivity index (χ1n) is 6.00. The number of pyridine rings is 2. The van der Waals surface area contributed by atoms with Crippen molar-refractivity contribution in [2.24, 2.45) is 0 Å². The van der Waals surface area contributed by atoms with Gasteiger partial charge in [0.1, 0.15) is 5.82 Å². The molecule has 2 aromatic rings. The van der Waals surface area contributed by atoms with E-state index in [0.29, 0.717) is 18.8 Å². The van der Waals surface area contributed by atoms with Crippen LogP contribution in [0.25, 0.3) is 0 Å². The van der Waals surface area contributed by atoms with Crippen LogP contribution in [0.15, 0.2) is 47.3 Å². The third kappa shape index (κ3) is 4.44. The zero-order valence-electron chi connectivity index (χ0n) is 10.6. The minimum absolute atomic E-state index is 0.0390. The largest absolute Gasteiger partial charge is 0.310 e. The second-order valence-corrected chi connectivity index (χ2v) is 5.19. The fourth-order valence-corrected chi connectivity index (χ4v) is 1.80. The van der Waals surface area contributed by atoms with Gasteiger partial charge in [0.25, 0.3) is 0 Å². The van der Waals surface area contributed by atoms with Crippen LogP contribution in [0.1, 0.15) is 12.0 Å². The van der Waals surface area contributed by atoms with Crippen LogP contribution < -0.4 is 9.88 Å². The summed E-state index contributed by atoms with van der Waals surface area (Å²) in [4.78, 5) is 15.9. The molecule has 0 aromatic carbocycles. The summed E-state index contributed by atoms with van der Waals surface area (Å²) in [6, 6.07) is 7.65. The van der Waals surface area contributed by atoms with Crippen molar-refractivity contribution in [1.82, 2.24) is 4.98 Å². The Bertz CT molecular complexity index is 552. The number of hydrogen-bond donors (Lipinski definition) is 1. The molecule has 1 amide bonds. The summed E-state index contributed by atoms with van der Waals surface area (Å²) in [5.41, 5.74) is 1.21. The second kappa shape index (κ2) is 6.43. The molecule has 5 heteroatoms. The van der Waals surface area contributed by atoms with Gasteiger partial charge in [0.2, 0.25) is 5.91 Å². The highest BCUT2D eigenvalue weighted by molar-refractivity contribution is 9.10. The Hall–Kier alpha value is -1.75. The third-order valence-electron chi connectivity index (χ3n) is 2.65. The van der Waals surface area contributed by atoms with Gasteiger partial charge >= 0.3 is 0 Å². The first kappa shape index (κ1) is 13.7. The summed E-state index contributed by atoms with van der Waals surface area (Å²) in [7, 11) is 0. The van der Waals surface area contributed by atoms with E-state index in [-0.39, 0.29) is 5.91 Å². The zero-order valence-corrected chi connectivity index (χ0v) is 12.2. The molecule has 0 aliphatic carbocycles. The maximum atomic E-state index is 11.8. The second-order valence-electron chi connectivity index (χ2n) is 4.27. The number of nitrogens with one attached hydrogen (secondary N) is 1. The number of carbonyl (C=O) groups excluding carboxylic acids is 1. The lowest BCUT2D eigenvalue weighted by Gasteiger charge is -2.03. The monoisotopic (exact) mass is 320 g/mol. The number of aromatic nitrogens is 2. The van der Waals surface area contributed by atoms with Gasteiger partial charge in [-0.1, -0.05) is 0 Å². The van der Waals surface area contributed by atoms with Gasteiger partial charge in [-0.3, -0.25) is 4.79 Å². The van der Waals surface area contributed by atoms with Crippen LogP contribution in [0.3, 0.4) is 0 Å². The summed E-state index contributed by atoms with van der Waals surface area (Å²) < 4.78 is 2.88. The Morgan fingerprint density at radius 2 is 2.05 bits per heavy atom. The Morgan fingerprint density at radius 1 is 1.32 bits per heavy atom. The molecule has 2 rings (SSSR count). The van der Waals surface area contributed by atoms with Gasteiger partial charge in [-0.25, -0.2) is 9.55 Å². The Kier molecular flexibility index (Phi) is 4.63. The summed E-state index contributed by atoms with van der Waals surface area (Å²) in [5.74, 6) is 0.532. The highest BCUT2D eigenvalue weighted by Crippen LogP contribution is 2.10. The van der Waals surface area contributed by atoms with Crippen molar-refractivity contribution < 1.29 is 9.36 Å². The first-order chi connectivity index (χ1) is 9.13. The van der Waals surface area contributed by atoms with Crippen LogP contribution in [0.2, 0.25) is 0 Å². The van der Waals surface area contributed by atoms with E-state index in [4.69, 9.17) is 0 Å². The molecule has 2 aromatic heterocycles. The van der Waals surface area contributed by atoms with E-state index in [1.165, 1.54) is 5.56 Å². The minimum atomic E-state index is -0.0390. The fraction of sp³-hybridized carbons (Fsp3) is 0.214. The van der Waals surface area contributed by atoms with Crippen LogP contribution in [-0.4, -0.2) is 10.9 Å². The zero-order chi connectivity index (χ0) is 13.7. The minimum Gasteiger partial charge on any atom is -0.310 e. The maximum absolute atomic E-state index is 11.8. The number of amides is 1. The van der Waals surface area contributed by atoms with Gasteiger partial charge in [-0.15, -0.1) is 0 Å². The third-order valence-corrected chi connectivity index (χ3v) is 3.12. The van der Waals surface area contributed by atoms with Gasteiger partial charge in [0.05, 0.1) is 6.42 Å². The molecule has 19 heavy (non-hydrogen) atoms. The van der Waals surface area contributed by atoms with E-state index in [9.17, 15) is 4.79 Å². The standard InChI is InChI=1S/C14H14BrN3O/c1-11-4-7-18(8-5-11)9-6-14(19)17-13-3-2-12(15)10-16-13/h2-5,7-8,10H,6,9H2,1H3/p+1. The molecule has 0 aliphatic heterocycles. The lowest BCUT2D eigenvalue weighted by atomic mass is 10.3. The molecule has 4 nitrogen and oxygen atoms in total. The van der Waals surface area contributed by atoms with Gasteiger partial charge in [-0.05, 0) is 40.5 Å². The number of anilines is 1. The van der Waals surface area contributed by atoms with Crippen LogP contribution in [-0.2, 0) is 11.3 Å². The van der Waals surface area contributed by atoms with E-state index in [1.54, 1.807) is 12.3 Å². The Balaban J connectivity index is 1.84. The molecular weight excluding hydrogens is 306 g/mol. The number of nitrogens with zero attached hydrogens (tertiary/aromatic N) is 2. The number of aryl methyl sites for hydroxylation is 2. The Morgan fingerprint density at radius 3 is 2.68 bits per heavy atom. The number of rotatable bonds is 4. The topological polar surface area (TPSA) is 45.9 Å². The number of halogens is 1. The van der Waals surface area contributed by atoms with E-state index < -0.39 is 0 Å². The van der Waals surface area contributed by atoms with Crippen molar-refractivity contribution in [3.05, 3.63) is 52.9 Å². The lowest BCUT2D eigenvalue weighted by molar-refractivity contribution is -0.695. The molecule has 0 fully saturated rings. The molecule has 0 aliphatic rings. The first-order valence-corrected chi connectivity index (χ1v) is 6.80. The molecule has 0 radical (unpaired) electrons. The fourth-order valence-electron chi connectivity index (χ4n) is 1.57. The van der Waals surface area contributed by atoms with Gasteiger partial charge in [-0.2, -0.15) is 0 Å². The predicted octanol–water partition coefficient (Wildman–Crippen LogP) is 2.47. The molecular formula is C14H15BrN3O+. The van der Waals surface area contributed by atoms with E-state index >= 15 is 0 Å². The molecule has 0 unspecified atom stereocenters. The Labute approximate surface area is 120 Å². The summed E-state index contributed by atoms with van der Waals surface area (Å²) in [6.45, 7) is 2.69. The lowest BCUT2D eigenvalue weighted by Crippen LogP contribution is -2.34. The SMILES string of the molecule is Cc1cc[n+](CCC(=O)Nc2ccc(Br)cn2)cc1. The number of hydrogen-bond acceptors (Lipinski definition) is 2. The molecule has 98 valence electrons. The van der Waals surface area contributed by atoms with Crippen molar-refractivity contribution in [2.45, 2.75) is 19.9 Å². The van der Waals surface area contributed by atoms with E-state index in [1.807, 2.05) is 42.1 Å². The smallest absolute Gasteiger partial charge is 0.231 e. The average molecular weight is 321 g/mol. The highest BCUT2D eigenvalue weighted by atomic mass is 79.9. The summed E-state index contributed by atoms with van der Waals surface area (Å²) in [6.07, 6.45) is 6.02. The van der Waals surface area contributed by atoms with Crippen molar-refractivity contribution in [3.8, 4) is 0 Å². The van der Waals surface area contributed by atoms with Crippen molar-refractivity contribution in [1.29, 1.82) is 0 Å². The van der Waals surface area contributed by atoms with Gasteiger partial charge in [0.15, 0.2) is 18.9 Å². The highest BCUT2D eigenvalue weighted by Gasteiger charge is 2.07. The molecule has 2 heterocycles. The maximum Gasteiger partial charge on any atom is 0.231 e. The van der Waals surface area contributed by atoms with Gasteiger partial charge < -0.3 is 5.32 Å². The van der Waals surface area contributed by atoms with Crippen LogP contribution in [0, 0.1) is 6.92 Å². The normalized spacial score (nSPS) is 10.2. The molecule has 0 atom stereocenters. The van der Waals surface area contributed by atoms with Crippen LogP contribution >= 0.6 is 15.9 Å². The van der Waals surface area contributed by atoms with Crippen molar-refractivity contribution in [2.75, 3.05) is 5.32 Å². The van der Waals surface area contributed by atoms with Crippen molar-refractivity contribution in [3.63, 3.8) is 0 Å². The summed E-state index contributed by atoms with van der Waals surface area (Å²) >= 11 is 3.30. The molecule has 0 saturated carbocycles. The van der Waals surface area contributed by atoms with Gasteiger partial charge in [0, 0.05) is 22.8 Å². The predicted molar refractivity (Wildman–Crippen MR) is 76.6 cm³/mol. The molecule has 1 N–H and O–H groups in total. The van der Waals surface area contributed by atoms with Crippen molar-refractivity contribution >= 4 is 27.7 Å². The van der Waals surface area contributed by atoms with E-state index in [2.05, 4.69) is 26.2 Å².